The number of methoxy groups -OCH3 is 1. The number of hydrogen-bond acceptors (Lipinski definition) is 6. The van der Waals surface area contributed by atoms with Gasteiger partial charge < -0.3 is 14.6 Å². The minimum absolute atomic E-state index is 0.0820. The van der Waals surface area contributed by atoms with Crippen molar-refractivity contribution in [1.29, 1.82) is 0 Å². The maximum absolute atomic E-state index is 12.6. The number of ether oxygens (including phenoxy) is 1. The Balaban J connectivity index is 1.65. The zero-order valence-corrected chi connectivity index (χ0v) is 13.7. The van der Waals surface area contributed by atoms with Crippen LogP contribution in [0.5, 0.6) is 0 Å². The van der Waals surface area contributed by atoms with Crippen LogP contribution < -0.4 is 5.32 Å². The summed E-state index contributed by atoms with van der Waals surface area (Å²) in [5, 5.41) is 6.57. The predicted molar refractivity (Wildman–Crippen MR) is 79.7 cm³/mol. The van der Waals surface area contributed by atoms with E-state index in [0.29, 0.717) is 11.7 Å². The number of nitrogens with one attached hydrogen (secondary N) is 1. The van der Waals surface area contributed by atoms with E-state index in [0.717, 1.165) is 25.7 Å². The third-order valence-corrected chi connectivity index (χ3v) is 4.68. The molecule has 8 nitrogen and oxygen atoms in total. The first-order valence-electron chi connectivity index (χ1n) is 7.89. The molecule has 8 heteroatoms. The summed E-state index contributed by atoms with van der Waals surface area (Å²) in [5.74, 6) is 1.29. The normalized spacial score (nSPS) is 31.5. The van der Waals surface area contributed by atoms with E-state index in [4.69, 9.17) is 9.26 Å². The van der Waals surface area contributed by atoms with E-state index >= 15 is 0 Å². The van der Waals surface area contributed by atoms with Crippen LogP contribution in [0.4, 0.5) is 4.79 Å². The molecule has 0 bridgehead atoms. The second kappa shape index (κ2) is 5.92. The van der Waals surface area contributed by atoms with Gasteiger partial charge in [-0.2, -0.15) is 4.98 Å². The number of aromatic nitrogens is 2. The summed E-state index contributed by atoms with van der Waals surface area (Å²) in [5.41, 5.74) is -0.966. The van der Waals surface area contributed by atoms with E-state index in [1.165, 1.54) is 12.0 Å². The van der Waals surface area contributed by atoms with Gasteiger partial charge in [0.2, 0.25) is 5.89 Å². The van der Waals surface area contributed by atoms with E-state index in [1.54, 1.807) is 13.8 Å². The molecule has 126 valence electrons. The number of hydrogen-bond donors (Lipinski definition) is 1. The van der Waals surface area contributed by atoms with E-state index in [2.05, 4.69) is 15.5 Å². The molecule has 3 amide bonds. The van der Waals surface area contributed by atoms with Gasteiger partial charge >= 0.3 is 6.03 Å². The van der Waals surface area contributed by atoms with Crippen LogP contribution >= 0.6 is 0 Å². The summed E-state index contributed by atoms with van der Waals surface area (Å²) >= 11 is 0. The zero-order chi connectivity index (χ0) is 16.6. The molecule has 1 aromatic heterocycles. The second-order valence-electron chi connectivity index (χ2n) is 6.56. The first-order valence-corrected chi connectivity index (χ1v) is 7.89. The molecular formula is C15H22N4O4. The maximum atomic E-state index is 12.6. The van der Waals surface area contributed by atoms with Crippen molar-refractivity contribution in [3.63, 3.8) is 0 Å². The summed E-state index contributed by atoms with van der Waals surface area (Å²) < 4.78 is 10.3. The Morgan fingerprint density at radius 2 is 2.04 bits per heavy atom. The van der Waals surface area contributed by atoms with Crippen molar-refractivity contribution < 1.29 is 18.8 Å². The van der Waals surface area contributed by atoms with Gasteiger partial charge in [0.05, 0.1) is 6.61 Å². The zero-order valence-electron chi connectivity index (χ0n) is 13.7. The predicted octanol–water partition coefficient (Wildman–Crippen LogP) is 1.36. The number of carbonyl (C=O) groups excluding carboxylic acids is 2. The Bertz CT molecular complexity index is 608. The van der Waals surface area contributed by atoms with Crippen molar-refractivity contribution in [3.05, 3.63) is 11.7 Å². The molecule has 1 aliphatic carbocycles. The molecule has 1 N–H and O–H groups in total. The van der Waals surface area contributed by atoms with Crippen LogP contribution in [-0.4, -0.2) is 52.3 Å². The molecule has 2 fully saturated rings. The Hall–Kier alpha value is -1.96. The highest BCUT2D eigenvalue weighted by Crippen LogP contribution is 2.35. The van der Waals surface area contributed by atoms with Gasteiger partial charge in [-0.1, -0.05) is 5.16 Å². The highest BCUT2D eigenvalue weighted by atomic mass is 16.5. The molecule has 1 saturated heterocycles. The average Bonchev–Trinajstić information content (AvgIpc) is 3.03. The van der Waals surface area contributed by atoms with Crippen molar-refractivity contribution in [3.8, 4) is 0 Å². The lowest BCUT2D eigenvalue weighted by atomic mass is 9.85. The Morgan fingerprint density at radius 1 is 1.35 bits per heavy atom. The summed E-state index contributed by atoms with van der Waals surface area (Å²) in [6.45, 7) is 3.66. The number of imide groups is 1. The number of aryl methyl sites for hydroxylation is 1. The van der Waals surface area contributed by atoms with Crippen LogP contribution in [0.25, 0.3) is 0 Å². The standard InChI is InChI=1S/C15H22N4O4/c1-9-16-12(23-18-9)10-4-6-11(7-5-10)19-13(20)15(2,8-22-3)17-14(19)21/h10-11H,4-8H2,1-3H3,(H,17,21). The minimum Gasteiger partial charge on any atom is -0.382 e. The van der Waals surface area contributed by atoms with Crippen LogP contribution in [0.2, 0.25) is 0 Å². The third-order valence-electron chi connectivity index (χ3n) is 4.68. The molecular weight excluding hydrogens is 300 g/mol. The lowest BCUT2D eigenvalue weighted by Crippen LogP contribution is -2.49. The first kappa shape index (κ1) is 15.9. The fourth-order valence-electron chi connectivity index (χ4n) is 3.49. The van der Waals surface area contributed by atoms with E-state index in [9.17, 15) is 9.59 Å². The third kappa shape index (κ3) is 2.83. The minimum atomic E-state index is -0.966. The highest BCUT2D eigenvalue weighted by Gasteiger charge is 2.50. The first-order chi connectivity index (χ1) is 10.9. The van der Waals surface area contributed by atoms with E-state index in [-0.39, 0.29) is 30.5 Å². The highest BCUT2D eigenvalue weighted by molar-refractivity contribution is 6.07. The summed E-state index contributed by atoms with van der Waals surface area (Å²) in [7, 11) is 1.52. The molecule has 3 rings (SSSR count). The Kier molecular flexibility index (Phi) is 4.09. The van der Waals surface area contributed by atoms with Crippen LogP contribution in [0.15, 0.2) is 4.52 Å². The van der Waals surface area contributed by atoms with Crippen molar-refractivity contribution in [2.45, 2.75) is 57.0 Å². The molecule has 2 heterocycles. The van der Waals surface area contributed by atoms with Crippen LogP contribution in [-0.2, 0) is 9.53 Å². The maximum Gasteiger partial charge on any atom is 0.325 e. The number of amides is 3. The Morgan fingerprint density at radius 3 is 2.61 bits per heavy atom. The van der Waals surface area contributed by atoms with Crippen LogP contribution in [0.1, 0.15) is 50.2 Å². The van der Waals surface area contributed by atoms with Gasteiger partial charge in [0, 0.05) is 19.1 Å². The largest absolute Gasteiger partial charge is 0.382 e. The monoisotopic (exact) mass is 322 g/mol. The molecule has 1 saturated carbocycles. The molecule has 0 radical (unpaired) electrons. The molecule has 0 aromatic carbocycles. The fourth-order valence-corrected chi connectivity index (χ4v) is 3.49. The van der Waals surface area contributed by atoms with Crippen molar-refractivity contribution in [1.82, 2.24) is 20.4 Å². The van der Waals surface area contributed by atoms with Crippen molar-refractivity contribution in [2.75, 3.05) is 13.7 Å². The van der Waals surface area contributed by atoms with Crippen LogP contribution in [0.3, 0.4) is 0 Å². The molecule has 23 heavy (non-hydrogen) atoms. The number of nitrogens with zero attached hydrogens (tertiary/aromatic N) is 3. The molecule has 2 aliphatic rings. The lowest BCUT2D eigenvalue weighted by molar-refractivity contribution is -0.134. The van der Waals surface area contributed by atoms with Gasteiger partial charge in [0.1, 0.15) is 5.54 Å². The molecule has 1 aliphatic heterocycles. The summed E-state index contributed by atoms with van der Waals surface area (Å²) in [6, 6.07) is -0.409. The van der Waals surface area contributed by atoms with E-state index in [1.807, 2.05) is 0 Å². The Labute approximate surface area is 134 Å². The number of carbonyl (C=O) groups is 2. The van der Waals surface area contributed by atoms with Gasteiger partial charge in [0.15, 0.2) is 5.82 Å². The van der Waals surface area contributed by atoms with E-state index < -0.39 is 5.54 Å². The topological polar surface area (TPSA) is 97.6 Å². The molecule has 1 aromatic rings. The van der Waals surface area contributed by atoms with Gasteiger partial charge in [-0.05, 0) is 39.5 Å². The average molecular weight is 322 g/mol. The van der Waals surface area contributed by atoms with Gasteiger partial charge in [-0.15, -0.1) is 0 Å². The van der Waals surface area contributed by atoms with Crippen molar-refractivity contribution in [2.24, 2.45) is 0 Å². The van der Waals surface area contributed by atoms with Gasteiger partial charge in [-0.3, -0.25) is 9.69 Å². The van der Waals surface area contributed by atoms with Crippen LogP contribution in [0, 0.1) is 6.92 Å². The smallest absolute Gasteiger partial charge is 0.325 e. The number of urea groups is 1. The SMILES string of the molecule is COCC1(C)NC(=O)N(C2CCC(c3nc(C)no3)CC2)C1=O. The summed E-state index contributed by atoms with van der Waals surface area (Å²) in [6.07, 6.45) is 3.14. The quantitative estimate of drug-likeness (QED) is 0.841. The molecule has 0 spiro atoms. The molecule has 1 atom stereocenters. The van der Waals surface area contributed by atoms with Crippen molar-refractivity contribution >= 4 is 11.9 Å². The van der Waals surface area contributed by atoms with Gasteiger partial charge in [-0.25, -0.2) is 4.79 Å². The van der Waals surface area contributed by atoms with Gasteiger partial charge in [0.25, 0.3) is 5.91 Å². The second-order valence-corrected chi connectivity index (χ2v) is 6.56. The fraction of sp³-hybridized carbons (Fsp3) is 0.733. The molecule has 1 unspecified atom stereocenters. The number of rotatable bonds is 4. The lowest BCUT2D eigenvalue weighted by Gasteiger charge is -2.32. The summed E-state index contributed by atoms with van der Waals surface area (Å²) in [4.78, 5) is 30.5.